The van der Waals surface area contributed by atoms with Crippen molar-refractivity contribution < 1.29 is 13.2 Å². The Balaban J connectivity index is 1.97. The zero-order valence-corrected chi connectivity index (χ0v) is 11.4. The van der Waals surface area contributed by atoms with Crippen LogP contribution in [-0.2, 0) is 12.6 Å². The summed E-state index contributed by atoms with van der Waals surface area (Å²) in [7, 11) is 0. The normalized spacial score (nSPS) is 16.0. The van der Waals surface area contributed by atoms with E-state index in [0.717, 1.165) is 37.1 Å². The topological polar surface area (TPSA) is 54.7 Å². The minimum atomic E-state index is -4.36. The molecule has 1 saturated carbocycles. The molecule has 0 amide bonds. The highest BCUT2D eigenvalue weighted by Crippen LogP contribution is 2.37. The van der Waals surface area contributed by atoms with E-state index >= 15 is 0 Å². The number of aromatic amines is 1. The van der Waals surface area contributed by atoms with Gasteiger partial charge in [0.05, 0.1) is 5.56 Å². The molecule has 112 valence electrons. The van der Waals surface area contributed by atoms with E-state index < -0.39 is 11.7 Å². The zero-order chi connectivity index (χ0) is 15.0. The lowest BCUT2D eigenvalue weighted by atomic mass is 9.81. The minimum Gasteiger partial charge on any atom is -0.382 e. The average molecular weight is 295 g/mol. The largest absolute Gasteiger partial charge is 0.416 e. The van der Waals surface area contributed by atoms with Crippen LogP contribution in [0, 0.1) is 5.92 Å². The number of rotatable bonds is 3. The van der Waals surface area contributed by atoms with Gasteiger partial charge < -0.3 is 5.73 Å². The Kier molecular flexibility index (Phi) is 3.39. The van der Waals surface area contributed by atoms with E-state index in [1.807, 2.05) is 0 Å². The number of alkyl halides is 3. The maximum absolute atomic E-state index is 12.8. The first-order valence-electron chi connectivity index (χ1n) is 6.95. The van der Waals surface area contributed by atoms with Gasteiger partial charge in [0.15, 0.2) is 5.82 Å². The second-order valence-electron chi connectivity index (χ2n) is 5.54. The Labute approximate surface area is 120 Å². The Morgan fingerprint density at radius 2 is 2.05 bits per heavy atom. The third-order valence-electron chi connectivity index (χ3n) is 4.07. The van der Waals surface area contributed by atoms with Gasteiger partial charge in [0, 0.05) is 11.3 Å². The van der Waals surface area contributed by atoms with Gasteiger partial charge >= 0.3 is 6.18 Å². The molecule has 3 N–H and O–H groups in total. The molecule has 0 radical (unpaired) electrons. The van der Waals surface area contributed by atoms with Crippen LogP contribution in [0.3, 0.4) is 0 Å². The summed E-state index contributed by atoms with van der Waals surface area (Å²) >= 11 is 0. The van der Waals surface area contributed by atoms with Gasteiger partial charge in [-0.1, -0.05) is 31.4 Å². The van der Waals surface area contributed by atoms with Gasteiger partial charge in [0.25, 0.3) is 0 Å². The summed E-state index contributed by atoms with van der Waals surface area (Å²) in [5.74, 6) is 0.832. The van der Waals surface area contributed by atoms with Gasteiger partial charge in [-0.2, -0.15) is 18.3 Å². The van der Waals surface area contributed by atoms with Gasteiger partial charge in [-0.15, -0.1) is 0 Å². The number of hydrogen-bond acceptors (Lipinski definition) is 2. The molecule has 0 aliphatic heterocycles. The molecule has 0 saturated heterocycles. The first-order valence-corrected chi connectivity index (χ1v) is 6.95. The number of H-pyrrole nitrogens is 1. The van der Waals surface area contributed by atoms with Crippen LogP contribution in [0.4, 0.5) is 19.0 Å². The van der Waals surface area contributed by atoms with Crippen molar-refractivity contribution in [3.8, 4) is 11.1 Å². The van der Waals surface area contributed by atoms with Crippen molar-refractivity contribution in [3.05, 3.63) is 35.5 Å². The second kappa shape index (κ2) is 5.09. The highest BCUT2D eigenvalue weighted by Gasteiger charge is 2.31. The predicted octanol–water partition coefficient (Wildman–Crippen LogP) is 4.02. The van der Waals surface area contributed by atoms with Crippen molar-refractivity contribution in [1.29, 1.82) is 0 Å². The van der Waals surface area contributed by atoms with E-state index in [-0.39, 0.29) is 5.82 Å². The number of anilines is 1. The van der Waals surface area contributed by atoms with E-state index in [1.54, 1.807) is 6.07 Å². The van der Waals surface area contributed by atoms with Gasteiger partial charge in [-0.3, -0.25) is 5.10 Å². The molecule has 21 heavy (non-hydrogen) atoms. The summed E-state index contributed by atoms with van der Waals surface area (Å²) < 4.78 is 38.5. The van der Waals surface area contributed by atoms with Crippen LogP contribution in [0.2, 0.25) is 0 Å². The summed E-state index contributed by atoms with van der Waals surface area (Å²) in [5, 5.41) is 6.84. The van der Waals surface area contributed by atoms with Crippen molar-refractivity contribution in [2.75, 3.05) is 5.73 Å². The molecule has 1 fully saturated rings. The molecule has 3 rings (SSSR count). The van der Waals surface area contributed by atoms with Crippen LogP contribution in [-0.4, -0.2) is 10.2 Å². The number of nitrogens with two attached hydrogens (primary N) is 1. The van der Waals surface area contributed by atoms with Gasteiger partial charge in [-0.05, 0) is 30.0 Å². The lowest BCUT2D eigenvalue weighted by Crippen LogP contribution is -2.14. The standard InChI is InChI=1S/C15H16F3N3/c16-15(17,18)11-6-2-5-10(8-11)13-12(20-21-14(13)19)7-9-3-1-4-9/h2,5-6,8-9H,1,3-4,7H2,(H3,19,20,21). The molecule has 3 nitrogen and oxygen atoms in total. The first kappa shape index (κ1) is 14.0. The van der Waals surface area contributed by atoms with E-state index in [4.69, 9.17) is 5.73 Å². The fourth-order valence-corrected chi connectivity index (χ4v) is 2.70. The highest BCUT2D eigenvalue weighted by molar-refractivity contribution is 5.76. The average Bonchev–Trinajstić information content (AvgIpc) is 2.74. The Hall–Kier alpha value is -1.98. The number of halogens is 3. The van der Waals surface area contributed by atoms with Crippen LogP contribution in [0.5, 0.6) is 0 Å². The zero-order valence-electron chi connectivity index (χ0n) is 11.4. The number of aromatic nitrogens is 2. The SMILES string of the molecule is Nc1n[nH]c(CC2CCC2)c1-c1cccc(C(F)(F)F)c1. The summed E-state index contributed by atoms with van der Waals surface area (Å²) in [6.07, 6.45) is -0.0481. The molecule has 0 atom stereocenters. The number of benzene rings is 1. The number of hydrogen-bond donors (Lipinski definition) is 2. The van der Waals surface area contributed by atoms with Gasteiger partial charge in [0.2, 0.25) is 0 Å². The molecule has 0 bridgehead atoms. The van der Waals surface area contributed by atoms with Crippen LogP contribution in [0.15, 0.2) is 24.3 Å². The minimum absolute atomic E-state index is 0.253. The fourth-order valence-electron chi connectivity index (χ4n) is 2.70. The molecule has 6 heteroatoms. The monoisotopic (exact) mass is 295 g/mol. The summed E-state index contributed by atoms with van der Waals surface area (Å²) in [6, 6.07) is 5.23. The molecule has 0 unspecified atom stereocenters. The van der Waals surface area contributed by atoms with Gasteiger partial charge in [-0.25, -0.2) is 0 Å². The highest BCUT2D eigenvalue weighted by atomic mass is 19.4. The maximum Gasteiger partial charge on any atom is 0.416 e. The summed E-state index contributed by atoms with van der Waals surface area (Å²) in [5.41, 5.74) is 7.07. The van der Waals surface area contributed by atoms with E-state index in [0.29, 0.717) is 17.0 Å². The number of nitrogens with one attached hydrogen (secondary N) is 1. The third kappa shape index (κ3) is 2.75. The Morgan fingerprint density at radius 3 is 2.67 bits per heavy atom. The quantitative estimate of drug-likeness (QED) is 0.898. The molecule has 1 aromatic heterocycles. The molecular formula is C15H16F3N3. The van der Waals surface area contributed by atoms with Crippen molar-refractivity contribution in [1.82, 2.24) is 10.2 Å². The van der Waals surface area contributed by atoms with Gasteiger partial charge in [0.1, 0.15) is 0 Å². The Bertz CT molecular complexity index is 642. The fraction of sp³-hybridized carbons (Fsp3) is 0.400. The van der Waals surface area contributed by atoms with Crippen LogP contribution in [0.1, 0.15) is 30.5 Å². The van der Waals surface area contributed by atoms with E-state index in [1.165, 1.54) is 12.5 Å². The second-order valence-corrected chi connectivity index (χ2v) is 5.54. The van der Waals surface area contributed by atoms with Crippen LogP contribution < -0.4 is 5.73 Å². The molecule has 1 aliphatic rings. The van der Waals surface area contributed by atoms with Crippen LogP contribution >= 0.6 is 0 Å². The smallest absolute Gasteiger partial charge is 0.382 e. The lowest BCUT2D eigenvalue weighted by Gasteiger charge is -2.25. The van der Waals surface area contributed by atoms with Crippen LogP contribution in [0.25, 0.3) is 11.1 Å². The predicted molar refractivity (Wildman–Crippen MR) is 74.5 cm³/mol. The summed E-state index contributed by atoms with van der Waals surface area (Å²) in [4.78, 5) is 0. The van der Waals surface area contributed by atoms with Crippen molar-refractivity contribution >= 4 is 5.82 Å². The Morgan fingerprint density at radius 1 is 1.29 bits per heavy atom. The van der Waals surface area contributed by atoms with Crippen molar-refractivity contribution in [3.63, 3.8) is 0 Å². The third-order valence-corrected chi connectivity index (χ3v) is 4.07. The molecule has 1 aliphatic carbocycles. The molecule has 1 heterocycles. The number of nitrogens with zero attached hydrogens (tertiary/aromatic N) is 1. The van der Waals surface area contributed by atoms with E-state index in [9.17, 15) is 13.2 Å². The van der Waals surface area contributed by atoms with Crippen molar-refractivity contribution in [2.24, 2.45) is 5.92 Å². The lowest BCUT2D eigenvalue weighted by molar-refractivity contribution is -0.137. The first-order chi connectivity index (χ1) is 9.95. The molecule has 2 aromatic rings. The maximum atomic E-state index is 12.8. The van der Waals surface area contributed by atoms with Crippen molar-refractivity contribution in [2.45, 2.75) is 31.9 Å². The molecule has 0 spiro atoms. The number of nitrogen functional groups attached to an aromatic ring is 1. The summed E-state index contributed by atoms with van der Waals surface area (Å²) in [6.45, 7) is 0. The molecular weight excluding hydrogens is 279 g/mol. The van der Waals surface area contributed by atoms with E-state index in [2.05, 4.69) is 10.2 Å². The molecule has 1 aromatic carbocycles.